The zero-order valence-electron chi connectivity index (χ0n) is 13.3. The molecule has 0 radical (unpaired) electrons. The fourth-order valence-electron chi connectivity index (χ4n) is 1.75. The lowest BCUT2D eigenvalue weighted by atomic mass is 10.1. The van der Waals surface area contributed by atoms with Gasteiger partial charge in [0.05, 0.1) is 0 Å². The van der Waals surface area contributed by atoms with Crippen molar-refractivity contribution < 1.29 is 13.3 Å². The molecule has 114 valence electrons. The fourth-order valence-corrected chi connectivity index (χ4v) is 4.34. The molecule has 0 saturated carbocycles. The highest BCUT2D eigenvalue weighted by molar-refractivity contribution is 6.60. The van der Waals surface area contributed by atoms with E-state index in [4.69, 9.17) is 13.3 Å². The average Bonchev–Trinajstić information content (AvgIpc) is 2.39. The molecule has 0 bridgehead atoms. The van der Waals surface area contributed by atoms with E-state index in [0.29, 0.717) is 25.7 Å². The van der Waals surface area contributed by atoms with Crippen LogP contribution in [-0.2, 0) is 13.3 Å². The van der Waals surface area contributed by atoms with Gasteiger partial charge in [0.2, 0.25) is 0 Å². The minimum absolute atomic E-state index is 0.563. The Morgan fingerprint density at radius 2 is 1.53 bits per heavy atom. The van der Waals surface area contributed by atoms with Crippen LogP contribution < -0.4 is 0 Å². The third kappa shape index (κ3) is 8.52. The molecule has 0 N–H and O–H groups in total. The van der Waals surface area contributed by atoms with E-state index in [1.165, 1.54) is 0 Å². The topological polar surface area (TPSA) is 40.0 Å². The maximum Gasteiger partial charge on any atom is 0.500 e. The van der Waals surface area contributed by atoms with Crippen molar-refractivity contribution in [3.05, 3.63) is 0 Å². The molecule has 0 amide bonds. The predicted molar refractivity (Wildman–Crippen MR) is 82.9 cm³/mol. The average molecular weight is 289 g/mol. The first-order chi connectivity index (χ1) is 9.14. The molecule has 1 unspecified atom stereocenters. The Kier molecular flexibility index (Phi) is 11.4. The second kappa shape index (κ2) is 11.6. The standard InChI is InChI=1S/C14H31NO3Si/c1-6-14(5)13-15-11-10-12-19(16-7-2,17-8-3)18-9-4/h13-14H,6-12H2,1-5H3. The maximum atomic E-state index is 5.80. The van der Waals surface area contributed by atoms with E-state index >= 15 is 0 Å². The fraction of sp³-hybridized carbons (Fsp3) is 0.929. The van der Waals surface area contributed by atoms with E-state index in [1.807, 2.05) is 27.0 Å². The molecule has 1 atom stereocenters. The van der Waals surface area contributed by atoms with E-state index in [1.54, 1.807) is 0 Å². The molecule has 0 saturated heterocycles. The Morgan fingerprint density at radius 1 is 1.00 bits per heavy atom. The summed E-state index contributed by atoms with van der Waals surface area (Å²) in [6, 6.07) is 0.848. The SMILES string of the molecule is CCO[Si](CCCN=CC(C)CC)(OCC)OCC. The predicted octanol–water partition coefficient (Wildman–Crippen LogP) is 3.54. The molecule has 0 aliphatic rings. The summed E-state index contributed by atoms with van der Waals surface area (Å²) in [7, 11) is -2.45. The Bertz CT molecular complexity index is 220. The van der Waals surface area contributed by atoms with Crippen molar-refractivity contribution in [2.75, 3.05) is 26.4 Å². The summed E-state index contributed by atoms with van der Waals surface area (Å²) < 4.78 is 17.4. The third-order valence-corrected chi connectivity index (χ3v) is 6.02. The minimum atomic E-state index is -2.45. The van der Waals surface area contributed by atoms with Crippen LogP contribution in [0, 0.1) is 5.92 Å². The lowest BCUT2D eigenvalue weighted by molar-refractivity contribution is 0.0710. The van der Waals surface area contributed by atoms with Crippen molar-refractivity contribution >= 4 is 15.0 Å². The smallest absolute Gasteiger partial charge is 0.374 e. The normalized spacial score (nSPS) is 14.2. The monoisotopic (exact) mass is 289 g/mol. The Morgan fingerprint density at radius 3 is 1.95 bits per heavy atom. The molecular weight excluding hydrogens is 258 g/mol. The van der Waals surface area contributed by atoms with Gasteiger partial charge >= 0.3 is 8.80 Å². The van der Waals surface area contributed by atoms with E-state index < -0.39 is 8.80 Å². The quantitative estimate of drug-likeness (QED) is 0.313. The summed E-state index contributed by atoms with van der Waals surface area (Å²) in [5, 5.41) is 0. The Hall–Kier alpha value is -0.233. The van der Waals surface area contributed by atoms with E-state index in [0.717, 1.165) is 25.4 Å². The summed E-state index contributed by atoms with van der Waals surface area (Å²) in [5.74, 6) is 0.563. The Labute approximate surface area is 119 Å². The highest BCUT2D eigenvalue weighted by atomic mass is 28.4. The van der Waals surface area contributed by atoms with Crippen LogP contribution >= 0.6 is 0 Å². The van der Waals surface area contributed by atoms with Crippen LogP contribution in [0.2, 0.25) is 6.04 Å². The Balaban J connectivity index is 4.20. The first-order valence-electron chi connectivity index (χ1n) is 7.55. The van der Waals surface area contributed by atoms with Crippen LogP contribution in [-0.4, -0.2) is 41.4 Å². The molecule has 0 aliphatic carbocycles. The summed E-state index contributed by atoms with van der Waals surface area (Å²) >= 11 is 0. The molecule has 19 heavy (non-hydrogen) atoms. The lowest BCUT2D eigenvalue weighted by Crippen LogP contribution is -2.46. The van der Waals surface area contributed by atoms with Gasteiger partial charge in [0.1, 0.15) is 0 Å². The largest absolute Gasteiger partial charge is 0.500 e. The first kappa shape index (κ1) is 18.8. The van der Waals surface area contributed by atoms with Crippen molar-refractivity contribution in [3.8, 4) is 0 Å². The van der Waals surface area contributed by atoms with Crippen LogP contribution in [0.5, 0.6) is 0 Å². The van der Waals surface area contributed by atoms with Gasteiger partial charge in [0.25, 0.3) is 0 Å². The molecule has 5 heteroatoms. The van der Waals surface area contributed by atoms with Gasteiger partial charge in [0, 0.05) is 38.6 Å². The van der Waals surface area contributed by atoms with Crippen molar-refractivity contribution in [2.24, 2.45) is 10.9 Å². The number of hydrogen-bond donors (Lipinski definition) is 0. The van der Waals surface area contributed by atoms with E-state index in [9.17, 15) is 0 Å². The molecule has 0 rings (SSSR count). The van der Waals surface area contributed by atoms with Crippen LogP contribution in [0.1, 0.15) is 47.5 Å². The molecule has 0 fully saturated rings. The first-order valence-corrected chi connectivity index (χ1v) is 9.49. The number of nitrogens with zero attached hydrogens (tertiary/aromatic N) is 1. The van der Waals surface area contributed by atoms with Gasteiger partial charge in [-0.05, 0) is 39.5 Å². The number of rotatable bonds is 12. The van der Waals surface area contributed by atoms with Crippen LogP contribution in [0.15, 0.2) is 4.99 Å². The number of hydrogen-bond acceptors (Lipinski definition) is 4. The maximum absolute atomic E-state index is 5.80. The van der Waals surface area contributed by atoms with Gasteiger partial charge < -0.3 is 13.3 Å². The van der Waals surface area contributed by atoms with Crippen LogP contribution in [0.4, 0.5) is 0 Å². The van der Waals surface area contributed by atoms with Crippen LogP contribution in [0.3, 0.4) is 0 Å². The van der Waals surface area contributed by atoms with E-state index in [-0.39, 0.29) is 0 Å². The number of aliphatic imine (C=N–C) groups is 1. The minimum Gasteiger partial charge on any atom is -0.374 e. The molecule has 0 aromatic carbocycles. The molecule has 4 nitrogen and oxygen atoms in total. The van der Waals surface area contributed by atoms with Crippen molar-refractivity contribution in [1.82, 2.24) is 0 Å². The van der Waals surface area contributed by atoms with Gasteiger partial charge in [-0.3, -0.25) is 4.99 Å². The molecular formula is C14H31NO3Si. The van der Waals surface area contributed by atoms with Gasteiger partial charge in [-0.1, -0.05) is 13.8 Å². The summed E-state index contributed by atoms with van der Waals surface area (Å²) in [6.45, 7) is 13.1. The van der Waals surface area contributed by atoms with Gasteiger partial charge in [-0.25, -0.2) is 0 Å². The second-order valence-electron chi connectivity index (χ2n) is 4.53. The highest BCUT2D eigenvalue weighted by Gasteiger charge is 2.39. The molecule has 0 aromatic rings. The van der Waals surface area contributed by atoms with Gasteiger partial charge in [0.15, 0.2) is 0 Å². The van der Waals surface area contributed by atoms with Crippen molar-refractivity contribution in [1.29, 1.82) is 0 Å². The molecule has 0 heterocycles. The lowest BCUT2D eigenvalue weighted by Gasteiger charge is -2.28. The zero-order valence-corrected chi connectivity index (χ0v) is 14.3. The van der Waals surface area contributed by atoms with Crippen LogP contribution in [0.25, 0.3) is 0 Å². The third-order valence-electron chi connectivity index (χ3n) is 2.87. The van der Waals surface area contributed by atoms with E-state index in [2.05, 4.69) is 18.8 Å². The van der Waals surface area contributed by atoms with Crippen molar-refractivity contribution in [3.63, 3.8) is 0 Å². The zero-order chi connectivity index (χ0) is 14.6. The summed E-state index contributed by atoms with van der Waals surface area (Å²) in [5.41, 5.74) is 0. The van der Waals surface area contributed by atoms with Crippen molar-refractivity contribution in [2.45, 2.75) is 53.5 Å². The van der Waals surface area contributed by atoms with Gasteiger partial charge in [-0.15, -0.1) is 0 Å². The molecule has 0 spiro atoms. The van der Waals surface area contributed by atoms with Gasteiger partial charge in [-0.2, -0.15) is 0 Å². The summed E-state index contributed by atoms with van der Waals surface area (Å²) in [6.07, 6.45) is 4.14. The molecule has 0 aliphatic heterocycles. The summed E-state index contributed by atoms with van der Waals surface area (Å²) in [4.78, 5) is 4.46. The second-order valence-corrected chi connectivity index (χ2v) is 7.26. The molecule has 0 aromatic heterocycles. The highest BCUT2D eigenvalue weighted by Crippen LogP contribution is 2.18.